The number of methoxy groups -OCH3 is 1. The second-order valence-electron chi connectivity index (χ2n) is 3.17. The number of ether oxygens (including phenoxy) is 1. The lowest BCUT2D eigenvalue weighted by atomic mass is 10.2. The molecule has 1 rings (SSSR count). The highest BCUT2D eigenvalue weighted by Gasteiger charge is 2.12. The van der Waals surface area contributed by atoms with Gasteiger partial charge in [0, 0.05) is 19.3 Å². The minimum atomic E-state index is -0.217. The minimum absolute atomic E-state index is 0.178. The Morgan fingerprint density at radius 1 is 1.80 bits per heavy atom. The molecule has 1 aromatic heterocycles. The first-order valence-electron chi connectivity index (χ1n) is 4.56. The van der Waals surface area contributed by atoms with E-state index in [1.54, 1.807) is 14.0 Å². The third kappa shape index (κ3) is 3.53. The summed E-state index contributed by atoms with van der Waals surface area (Å²) in [6.45, 7) is 2.57. The Balaban J connectivity index is 2.40. The number of hydrogen-bond acceptors (Lipinski definition) is 3. The van der Waals surface area contributed by atoms with Gasteiger partial charge in [-0.1, -0.05) is 0 Å². The topological polar surface area (TPSA) is 67.0 Å². The van der Waals surface area contributed by atoms with Crippen molar-refractivity contribution in [1.29, 1.82) is 0 Å². The summed E-state index contributed by atoms with van der Waals surface area (Å²) in [5.41, 5.74) is 1.28. The standard InChI is InChI=1S/C9H14ClN3O2/c1-6-8(4-12-13-6)9(14)11-3-7(10)5-15-2/h4,7H,3,5H2,1-2H3,(H,11,14)(H,12,13). The fourth-order valence-electron chi connectivity index (χ4n) is 1.12. The van der Waals surface area contributed by atoms with Crippen molar-refractivity contribution in [1.82, 2.24) is 15.5 Å². The Hall–Kier alpha value is -1.07. The molecular weight excluding hydrogens is 218 g/mol. The number of halogens is 1. The third-order valence-corrected chi connectivity index (χ3v) is 2.19. The number of aryl methyl sites for hydroxylation is 1. The number of nitrogens with one attached hydrogen (secondary N) is 2. The molecule has 0 radical (unpaired) electrons. The molecule has 0 bridgehead atoms. The number of alkyl halides is 1. The van der Waals surface area contributed by atoms with Crippen molar-refractivity contribution in [2.45, 2.75) is 12.3 Å². The molecule has 6 heteroatoms. The number of carbonyl (C=O) groups excluding carboxylic acids is 1. The van der Waals surface area contributed by atoms with E-state index in [1.807, 2.05) is 0 Å². The Morgan fingerprint density at radius 2 is 2.53 bits per heavy atom. The van der Waals surface area contributed by atoms with Crippen molar-refractivity contribution in [3.05, 3.63) is 17.5 Å². The molecule has 0 saturated carbocycles. The van der Waals surface area contributed by atoms with E-state index in [2.05, 4.69) is 15.5 Å². The first-order chi connectivity index (χ1) is 7.15. The summed E-state index contributed by atoms with van der Waals surface area (Å²) in [6.07, 6.45) is 1.49. The van der Waals surface area contributed by atoms with Crippen LogP contribution in [0.25, 0.3) is 0 Å². The second kappa shape index (κ2) is 5.72. The van der Waals surface area contributed by atoms with Crippen LogP contribution in [-0.2, 0) is 4.74 Å². The molecular formula is C9H14ClN3O2. The normalized spacial score (nSPS) is 12.5. The van der Waals surface area contributed by atoms with Crippen LogP contribution in [0.5, 0.6) is 0 Å². The lowest BCUT2D eigenvalue weighted by Gasteiger charge is -2.09. The summed E-state index contributed by atoms with van der Waals surface area (Å²) in [4.78, 5) is 11.6. The third-order valence-electron chi connectivity index (χ3n) is 1.91. The molecule has 0 saturated heterocycles. The molecule has 0 aliphatic carbocycles. The smallest absolute Gasteiger partial charge is 0.254 e. The number of nitrogens with zero attached hydrogens (tertiary/aromatic N) is 1. The lowest BCUT2D eigenvalue weighted by Crippen LogP contribution is -2.31. The summed E-state index contributed by atoms with van der Waals surface area (Å²) in [5, 5.41) is 8.94. The average Bonchev–Trinajstić information content (AvgIpc) is 2.61. The first kappa shape index (κ1) is 12.0. The van der Waals surface area contributed by atoms with Crippen LogP contribution in [0.3, 0.4) is 0 Å². The van der Waals surface area contributed by atoms with Gasteiger partial charge in [0.25, 0.3) is 5.91 Å². The summed E-state index contributed by atoms with van der Waals surface area (Å²) in [6, 6.07) is 0. The molecule has 1 unspecified atom stereocenters. The fraction of sp³-hybridized carbons (Fsp3) is 0.556. The number of H-pyrrole nitrogens is 1. The minimum Gasteiger partial charge on any atom is -0.383 e. The van der Waals surface area contributed by atoms with Crippen LogP contribution < -0.4 is 5.32 Å². The van der Waals surface area contributed by atoms with E-state index in [4.69, 9.17) is 16.3 Å². The van der Waals surface area contributed by atoms with Crippen LogP contribution in [0, 0.1) is 6.92 Å². The van der Waals surface area contributed by atoms with Crippen LogP contribution in [0.1, 0.15) is 16.1 Å². The number of rotatable bonds is 5. The second-order valence-corrected chi connectivity index (χ2v) is 3.79. The molecule has 0 aliphatic rings. The lowest BCUT2D eigenvalue weighted by molar-refractivity contribution is 0.0948. The number of hydrogen-bond donors (Lipinski definition) is 2. The van der Waals surface area contributed by atoms with Crippen molar-refractivity contribution in [3.8, 4) is 0 Å². The zero-order valence-electron chi connectivity index (χ0n) is 8.71. The van der Waals surface area contributed by atoms with E-state index in [0.29, 0.717) is 18.7 Å². The quantitative estimate of drug-likeness (QED) is 0.734. The highest BCUT2D eigenvalue weighted by atomic mass is 35.5. The van der Waals surface area contributed by atoms with Gasteiger partial charge in [-0.15, -0.1) is 11.6 Å². The van der Waals surface area contributed by atoms with Crippen LogP contribution in [0.2, 0.25) is 0 Å². The Morgan fingerprint density at radius 3 is 3.07 bits per heavy atom. The number of aromatic nitrogens is 2. The van der Waals surface area contributed by atoms with Gasteiger partial charge in [0.2, 0.25) is 0 Å². The predicted molar refractivity (Wildman–Crippen MR) is 57.2 cm³/mol. The highest BCUT2D eigenvalue weighted by Crippen LogP contribution is 2.02. The summed E-state index contributed by atoms with van der Waals surface area (Å²) < 4.78 is 4.85. The first-order valence-corrected chi connectivity index (χ1v) is 5.00. The van der Waals surface area contributed by atoms with Crippen LogP contribution in [0.4, 0.5) is 0 Å². The molecule has 2 N–H and O–H groups in total. The van der Waals surface area contributed by atoms with Gasteiger partial charge < -0.3 is 10.1 Å². The predicted octanol–water partition coefficient (Wildman–Crippen LogP) is 0.702. The Kier molecular flexibility index (Phi) is 4.58. The molecule has 1 aromatic rings. The van der Waals surface area contributed by atoms with Gasteiger partial charge in [0.1, 0.15) is 0 Å². The molecule has 0 aliphatic heterocycles. The van der Waals surface area contributed by atoms with Crippen molar-refractivity contribution in [3.63, 3.8) is 0 Å². The van der Waals surface area contributed by atoms with Gasteiger partial charge in [-0.05, 0) is 6.92 Å². The van der Waals surface area contributed by atoms with Gasteiger partial charge in [-0.25, -0.2) is 0 Å². The largest absolute Gasteiger partial charge is 0.383 e. The number of aromatic amines is 1. The molecule has 1 atom stereocenters. The molecule has 84 valence electrons. The van der Waals surface area contributed by atoms with Gasteiger partial charge in [0.15, 0.2) is 0 Å². The maximum Gasteiger partial charge on any atom is 0.254 e. The van der Waals surface area contributed by atoms with E-state index in [1.165, 1.54) is 6.20 Å². The van der Waals surface area contributed by atoms with Gasteiger partial charge in [0.05, 0.1) is 23.7 Å². The molecule has 15 heavy (non-hydrogen) atoms. The van der Waals surface area contributed by atoms with Crippen LogP contribution in [-0.4, -0.2) is 41.7 Å². The van der Waals surface area contributed by atoms with E-state index in [-0.39, 0.29) is 11.3 Å². The summed E-state index contributed by atoms with van der Waals surface area (Å²) >= 11 is 5.86. The van der Waals surface area contributed by atoms with E-state index in [9.17, 15) is 4.79 Å². The summed E-state index contributed by atoms with van der Waals surface area (Å²) in [7, 11) is 1.57. The van der Waals surface area contributed by atoms with Crippen LogP contribution >= 0.6 is 11.6 Å². The molecule has 5 nitrogen and oxygen atoms in total. The van der Waals surface area contributed by atoms with Crippen molar-refractivity contribution >= 4 is 17.5 Å². The average molecular weight is 232 g/mol. The molecule has 1 heterocycles. The number of carbonyl (C=O) groups is 1. The van der Waals surface area contributed by atoms with Gasteiger partial charge >= 0.3 is 0 Å². The molecule has 1 amide bonds. The molecule has 0 spiro atoms. The number of amides is 1. The Labute approximate surface area is 93.1 Å². The highest BCUT2D eigenvalue weighted by molar-refractivity contribution is 6.21. The monoisotopic (exact) mass is 231 g/mol. The van der Waals surface area contributed by atoms with E-state index in [0.717, 1.165) is 5.69 Å². The van der Waals surface area contributed by atoms with Gasteiger partial charge in [-0.3, -0.25) is 9.89 Å². The van der Waals surface area contributed by atoms with E-state index >= 15 is 0 Å². The van der Waals surface area contributed by atoms with Crippen molar-refractivity contribution in [2.24, 2.45) is 0 Å². The zero-order chi connectivity index (χ0) is 11.3. The fourth-order valence-corrected chi connectivity index (χ4v) is 1.32. The van der Waals surface area contributed by atoms with E-state index < -0.39 is 0 Å². The van der Waals surface area contributed by atoms with Crippen molar-refractivity contribution in [2.75, 3.05) is 20.3 Å². The van der Waals surface area contributed by atoms with Crippen LogP contribution in [0.15, 0.2) is 6.20 Å². The molecule has 0 fully saturated rings. The Bertz CT molecular complexity index is 327. The SMILES string of the molecule is COCC(Cl)CNC(=O)c1cn[nH]c1C. The maximum atomic E-state index is 11.6. The van der Waals surface area contributed by atoms with Crippen molar-refractivity contribution < 1.29 is 9.53 Å². The maximum absolute atomic E-state index is 11.6. The zero-order valence-corrected chi connectivity index (χ0v) is 9.47. The molecule has 0 aromatic carbocycles. The summed E-state index contributed by atoms with van der Waals surface area (Å²) in [5.74, 6) is -0.178. The van der Waals surface area contributed by atoms with Gasteiger partial charge in [-0.2, -0.15) is 5.10 Å².